The third-order valence-corrected chi connectivity index (χ3v) is 2.73. The third kappa shape index (κ3) is 2.12. The fourth-order valence-electron chi connectivity index (χ4n) is 0.748. The minimum absolute atomic E-state index is 0. The van der Waals surface area contributed by atoms with Crippen molar-refractivity contribution in [1.82, 2.24) is 9.74 Å². The van der Waals surface area contributed by atoms with Gasteiger partial charge in [0.25, 0.3) is 0 Å². The predicted octanol–water partition coefficient (Wildman–Crippen LogP) is 2.07. The molecule has 67 valence electrons. The first-order chi connectivity index (χ1) is 4.45. The van der Waals surface area contributed by atoms with E-state index in [9.17, 15) is 0 Å². The molecule has 1 radical (unpaired) electrons. The summed E-state index contributed by atoms with van der Waals surface area (Å²) in [6, 6.07) is 0. The van der Waals surface area contributed by atoms with Crippen LogP contribution in [-0.2, 0) is 16.8 Å². The quantitative estimate of drug-likeness (QED) is 0.299. The summed E-state index contributed by atoms with van der Waals surface area (Å²) >= 11 is 15.6. The number of rotatable bonds is 0. The van der Waals surface area contributed by atoms with E-state index in [1.165, 1.54) is 4.42 Å². The van der Waals surface area contributed by atoms with Gasteiger partial charge in [0, 0.05) is 34.3 Å². The smallest absolute Gasteiger partial charge is 0.249 e. The summed E-state index contributed by atoms with van der Waals surface area (Å²) in [5.74, 6) is 0. The van der Waals surface area contributed by atoms with Gasteiger partial charge in [0.15, 0.2) is 0 Å². The molecule has 1 heterocycles. The first-order valence-electron chi connectivity index (χ1n) is 2.78. The van der Waals surface area contributed by atoms with E-state index in [4.69, 9.17) is 23.4 Å². The zero-order chi connectivity index (χ0) is 7.94. The fourth-order valence-corrected chi connectivity index (χ4v) is 1.50. The van der Waals surface area contributed by atoms with Crippen LogP contribution in [0.25, 0.3) is 0 Å². The van der Waals surface area contributed by atoms with Gasteiger partial charge in [0.2, 0.25) is 4.45 Å². The molecule has 0 fully saturated rings. The van der Waals surface area contributed by atoms with Crippen molar-refractivity contribution in [3.63, 3.8) is 0 Å². The molecule has 0 amide bonds. The number of alkyl halides is 1. The number of hydrogen-bond donors (Lipinski definition) is 2. The van der Waals surface area contributed by atoms with Crippen molar-refractivity contribution in [3.8, 4) is 0 Å². The monoisotopic (exact) mass is 257 g/mol. The molecular weight excluding hydrogens is 250 g/mol. The Morgan fingerprint density at radius 2 is 2.00 bits per heavy atom. The molecule has 1 N–H and O–H groups in total. The van der Waals surface area contributed by atoms with Crippen molar-refractivity contribution in [2.45, 2.75) is 18.3 Å². The van der Waals surface area contributed by atoms with E-state index in [0.717, 1.165) is 11.4 Å². The Labute approximate surface area is 92.0 Å². The normalized spacial score (nSPS) is 30.1. The van der Waals surface area contributed by atoms with Gasteiger partial charge in [0.1, 0.15) is 0 Å². The van der Waals surface area contributed by atoms with Crippen LogP contribution in [0, 0.1) is 0 Å². The maximum atomic E-state index is 5.81. The largest absolute Gasteiger partial charge is 0.343 e. The van der Waals surface area contributed by atoms with Crippen molar-refractivity contribution in [3.05, 3.63) is 11.4 Å². The molecule has 0 spiro atoms. The van der Waals surface area contributed by atoms with Crippen LogP contribution in [0.15, 0.2) is 11.4 Å². The molecule has 0 aromatic rings. The maximum Gasteiger partial charge on any atom is 0.249 e. The SMILES string of the molecule is CC1=C(C)N(Cl)C(S)(Cl)N1.[Co]. The molecule has 0 aromatic heterocycles. The van der Waals surface area contributed by atoms with Crippen molar-refractivity contribution >= 4 is 36.0 Å². The van der Waals surface area contributed by atoms with Gasteiger partial charge in [-0.25, -0.2) is 4.42 Å². The zero-order valence-corrected chi connectivity index (χ0v) is 9.43. The Bertz CT molecular complexity index is 195. The molecule has 1 aliphatic heterocycles. The Morgan fingerprint density at radius 1 is 1.55 bits per heavy atom. The van der Waals surface area contributed by atoms with Crippen LogP contribution in [0.2, 0.25) is 0 Å². The number of nitrogens with zero attached hydrogens (tertiary/aromatic N) is 1. The fraction of sp³-hybridized carbons (Fsp3) is 0.600. The van der Waals surface area contributed by atoms with Gasteiger partial charge >= 0.3 is 0 Å². The number of nitrogens with one attached hydrogen (secondary N) is 1. The van der Waals surface area contributed by atoms with Crippen molar-refractivity contribution in [1.29, 1.82) is 0 Å². The number of allylic oxidation sites excluding steroid dienone is 2. The molecule has 0 saturated heterocycles. The maximum absolute atomic E-state index is 5.81. The van der Waals surface area contributed by atoms with E-state index in [2.05, 4.69) is 17.9 Å². The van der Waals surface area contributed by atoms with Gasteiger partial charge < -0.3 is 5.32 Å². The topological polar surface area (TPSA) is 15.3 Å². The van der Waals surface area contributed by atoms with E-state index < -0.39 is 4.45 Å². The van der Waals surface area contributed by atoms with Crippen molar-refractivity contribution in [2.75, 3.05) is 0 Å². The van der Waals surface area contributed by atoms with Crippen LogP contribution in [0.3, 0.4) is 0 Å². The molecule has 0 bridgehead atoms. The van der Waals surface area contributed by atoms with E-state index in [0.29, 0.717) is 0 Å². The number of halogens is 2. The van der Waals surface area contributed by atoms with Gasteiger partial charge in [-0.2, -0.15) is 0 Å². The van der Waals surface area contributed by atoms with Gasteiger partial charge in [0.05, 0.1) is 5.70 Å². The molecular formula is C5H8Cl2CoN2S. The van der Waals surface area contributed by atoms with Gasteiger partial charge in [-0.15, -0.1) is 12.6 Å². The molecule has 1 rings (SSSR count). The molecule has 1 aliphatic rings. The molecule has 11 heavy (non-hydrogen) atoms. The van der Waals surface area contributed by atoms with Crippen molar-refractivity contribution < 1.29 is 16.8 Å². The molecule has 1 unspecified atom stereocenters. The summed E-state index contributed by atoms with van der Waals surface area (Å²) in [7, 11) is 0. The second-order valence-electron chi connectivity index (χ2n) is 2.20. The Balaban J connectivity index is 0.000001000. The minimum atomic E-state index is -0.963. The Morgan fingerprint density at radius 3 is 2.09 bits per heavy atom. The summed E-state index contributed by atoms with van der Waals surface area (Å²) in [4.78, 5) is 0. The molecule has 0 saturated carbocycles. The minimum Gasteiger partial charge on any atom is -0.343 e. The third-order valence-electron chi connectivity index (χ3n) is 1.44. The van der Waals surface area contributed by atoms with Gasteiger partial charge in [-0.05, 0) is 13.8 Å². The molecule has 0 aliphatic carbocycles. The predicted molar refractivity (Wildman–Crippen MR) is 46.8 cm³/mol. The second kappa shape index (κ2) is 3.66. The van der Waals surface area contributed by atoms with E-state index >= 15 is 0 Å². The van der Waals surface area contributed by atoms with Crippen LogP contribution in [0.4, 0.5) is 0 Å². The number of thiol groups is 1. The summed E-state index contributed by atoms with van der Waals surface area (Å²) < 4.78 is 0.392. The first kappa shape index (κ1) is 11.8. The summed E-state index contributed by atoms with van der Waals surface area (Å²) in [6.45, 7) is 3.76. The second-order valence-corrected chi connectivity index (χ2v) is 4.00. The molecule has 2 nitrogen and oxygen atoms in total. The average Bonchev–Trinajstić information content (AvgIpc) is 1.95. The standard InChI is InChI=1S/C5H8Cl2N2S.Co/c1-3-4(2)9(7)5(6,10)8-3;/h8,10H,1-2H3;. The Hall–Kier alpha value is 0.776. The van der Waals surface area contributed by atoms with Gasteiger partial charge in [-0.3, -0.25) is 0 Å². The van der Waals surface area contributed by atoms with Gasteiger partial charge in [-0.1, -0.05) is 11.6 Å². The molecule has 0 aromatic carbocycles. The average molecular weight is 258 g/mol. The van der Waals surface area contributed by atoms with Crippen molar-refractivity contribution in [2.24, 2.45) is 0 Å². The van der Waals surface area contributed by atoms with E-state index in [1.807, 2.05) is 13.8 Å². The summed E-state index contributed by atoms with van der Waals surface area (Å²) in [5, 5.41) is 2.90. The number of hydrogen-bond acceptors (Lipinski definition) is 3. The van der Waals surface area contributed by atoms with Crippen LogP contribution < -0.4 is 5.32 Å². The summed E-state index contributed by atoms with van der Waals surface area (Å²) in [5.41, 5.74) is 1.84. The van der Waals surface area contributed by atoms with E-state index in [1.54, 1.807) is 0 Å². The van der Waals surface area contributed by atoms with Crippen LogP contribution >= 0.6 is 36.0 Å². The van der Waals surface area contributed by atoms with Crippen LogP contribution in [-0.4, -0.2) is 8.87 Å². The Kier molecular flexibility index (Phi) is 3.92. The van der Waals surface area contributed by atoms with E-state index in [-0.39, 0.29) is 16.8 Å². The molecule has 6 heteroatoms. The zero-order valence-electron chi connectivity index (χ0n) is 5.98. The van der Waals surface area contributed by atoms with Crippen LogP contribution in [0.1, 0.15) is 13.8 Å². The molecule has 1 atom stereocenters. The van der Waals surface area contributed by atoms with Crippen LogP contribution in [0.5, 0.6) is 0 Å². The first-order valence-corrected chi connectivity index (χ1v) is 3.94. The summed E-state index contributed by atoms with van der Waals surface area (Å²) in [6.07, 6.45) is 0.